The van der Waals surface area contributed by atoms with Gasteiger partial charge in [-0.25, -0.2) is 0 Å². The van der Waals surface area contributed by atoms with Crippen molar-refractivity contribution in [3.63, 3.8) is 0 Å². The molecule has 3 aromatic rings. The molecule has 18 heavy (non-hydrogen) atoms. The van der Waals surface area contributed by atoms with Crippen LogP contribution >= 0.6 is 0 Å². The Labute approximate surface area is 105 Å². The van der Waals surface area contributed by atoms with Crippen LogP contribution in [0.4, 0.5) is 0 Å². The van der Waals surface area contributed by atoms with Crippen molar-refractivity contribution in [2.75, 3.05) is 0 Å². The Morgan fingerprint density at radius 1 is 0.889 bits per heavy atom. The van der Waals surface area contributed by atoms with Crippen molar-refractivity contribution in [2.24, 2.45) is 0 Å². The van der Waals surface area contributed by atoms with Crippen LogP contribution in [0.1, 0.15) is 5.69 Å². The van der Waals surface area contributed by atoms with Crippen molar-refractivity contribution >= 4 is 10.9 Å². The summed E-state index contributed by atoms with van der Waals surface area (Å²) >= 11 is 0. The number of hydrogen-bond acceptors (Lipinski definition) is 3. The lowest BCUT2D eigenvalue weighted by Gasteiger charge is -2.04. The average molecular weight is 236 g/mol. The summed E-state index contributed by atoms with van der Waals surface area (Å²) < 4.78 is 0. The molecule has 0 saturated carbocycles. The molecule has 0 aliphatic carbocycles. The number of aliphatic hydroxyl groups excluding tert-OH is 1. The maximum Gasteiger partial charge on any atom is 0.0853 e. The molecule has 3 nitrogen and oxygen atoms in total. The highest BCUT2D eigenvalue weighted by Crippen LogP contribution is 2.23. The van der Waals surface area contributed by atoms with Gasteiger partial charge in [0.2, 0.25) is 0 Å². The molecule has 3 heteroatoms. The highest BCUT2D eigenvalue weighted by Gasteiger charge is 2.01. The summed E-state index contributed by atoms with van der Waals surface area (Å²) in [5.41, 5.74) is 3.77. The van der Waals surface area contributed by atoms with E-state index in [2.05, 4.69) is 22.1 Å². The summed E-state index contributed by atoms with van der Waals surface area (Å²) in [6.45, 7) is -0.0420. The van der Waals surface area contributed by atoms with E-state index in [4.69, 9.17) is 5.11 Å². The van der Waals surface area contributed by atoms with Gasteiger partial charge in [0.1, 0.15) is 0 Å². The van der Waals surface area contributed by atoms with Crippen molar-refractivity contribution in [1.82, 2.24) is 9.97 Å². The number of rotatable bonds is 2. The molecule has 0 amide bonds. The lowest BCUT2D eigenvalue weighted by Crippen LogP contribution is -1.89. The first-order valence-corrected chi connectivity index (χ1v) is 5.78. The van der Waals surface area contributed by atoms with Gasteiger partial charge >= 0.3 is 0 Å². The number of hydrogen-bond donors (Lipinski definition) is 1. The van der Waals surface area contributed by atoms with Crippen LogP contribution in [0.2, 0.25) is 0 Å². The number of aromatic nitrogens is 2. The van der Waals surface area contributed by atoms with Gasteiger partial charge in [0.25, 0.3) is 0 Å². The Kier molecular flexibility index (Phi) is 2.74. The fourth-order valence-electron chi connectivity index (χ4n) is 1.99. The van der Waals surface area contributed by atoms with E-state index < -0.39 is 0 Å². The van der Waals surface area contributed by atoms with Gasteiger partial charge < -0.3 is 5.11 Å². The minimum absolute atomic E-state index is 0.0420. The fourth-order valence-corrected chi connectivity index (χ4v) is 1.99. The van der Waals surface area contributed by atoms with Crippen molar-refractivity contribution < 1.29 is 5.11 Å². The third-order valence-electron chi connectivity index (χ3n) is 2.92. The van der Waals surface area contributed by atoms with Crippen LogP contribution in [-0.4, -0.2) is 15.1 Å². The van der Waals surface area contributed by atoms with Gasteiger partial charge in [-0.1, -0.05) is 18.2 Å². The summed E-state index contributed by atoms with van der Waals surface area (Å²) in [6, 6.07) is 14.0. The maximum absolute atomic E-state index is 9.11. The Hall–Kier alpha value is -2.26. The highest BCUT2D eigenvalue weighted by atomic mass is 16.3. The fraction of sp³-hybridized carbons (Fsp3) is 0.0667. The summed E-state index contributed by atoms with van der Waals surface area (Å²) in [4.78, 5) is 8.43. The summed E-state index contributed by atoms with van der Waals surface area (Å²) in [5.74, 6) is 0. The van der Waals surface area contributed by atoms with Crippen molar-refractivity contribution in [3.8, 4) is 11.1 Å². The van der Waals surface area contributed by atoms with Crippen LogP contribution in [0.5, 0.6) is 0 Å². The quantitative estimate of drug-likeness (QED) is 0.744. The van der Waals surface area contributed by atoms with Crippen molar-refractivity contribution in [1.29, 1.82) is 0 Å². The van der Waals surface area contributed by atoms with Gasteiger partial charge in [-0.3, -0.25) is 9.97 Å². The highest BCUT2D eigenvalue weighted by molar-refractivity contribution is 5.83. The zero-order valence-electron chi connectivity index (χ0n) is 9.74. The lowest BCUT2D eigenvalue weighted by molar-refractivity contribution is 0.277. The molecule has 88 valence electrons. The summed E-state index contributed by atoms with van der Waals surface area (Å²) in [6.07, 6.45) is 3.50. The Bertz CT molecular complexity index is 695. The molecular formula is C15H12N2O. The third kappa shape index (κ3) is 1.96. The Morgan fingerprint density at radius 2 is 1.78 bits per heavy atom. The molecule has 0 saturated heterocycles. The number of aliphatic hydroxyl groups is 1. The second-order valence-corrected chi connectivity index (χ2v) is 4.10. The molecule has 2 aromatic heterocycles. The van der Waals surface area contributed by atoms with E-state index in [1.54, 1.807) is 12.4 Å². The molecule has 0 atom stereocenters. The largest absolute Gasteiger partial charge is 0.390 e. The molecule has 0 spiro atoms. The molecule has 0 fully saturated rings. The van der Waals surface area contributed by atoms with E-state index in [1.165, 1.54) is 0 Å². The van der Waals surface area contributed by atoms with E-state index >= 15 is 0 Å². The molecule has 1 aromatic carbocycles. The molecular weight excluding hydrogens is 224 g/mol. The molecule has 3 rings (SSSR count). The Morgan fingerprint density at radius 3 is 2.67 bits per heavy atom. The van der Waals surface area contributed by atoms with Gasteiger partial charge in [0.05, 0.1) is 17.8 Å². The van der Waals surface area contributed by atoms with Gasteiger partial charge in [0, 0.05) is 17.8 Å². The minimum Gasteiger partial charge on any atom is -0.390 e. The van der Waals surface area contributed by atoms with E-state index in [1.807, 2.05) is 30.3 Å². The van der Waals surface area contributed by atoms with Crippen LogP contribution in [0.15, 0.2) is 54.9 Å². The number of benzene rings is 1. The zero-order valence-corrected chi connectivity index (χ0v) is 9.74. The molecule has 2 heterocycles. The Balaban J connectivity index is 2.13. The van der Waals surface area contributed by atoms with E-state index in [-0.39, 0.29) is 6.61 Å². The van der Waals surface area contributed by atoms with E-state index in [0.717, 1.165) is 22.0 Å². The first-order valence-electron chi connectivity index (χ1n) is 5.78. The predicted molar refractivity (Wildman–Crippen MR) is 70.9 cm³/mol. The topological polar surface area (TPSA) is 46.0 Å². The SMILES string of the molecule is OCc1cc(-c2ccc3cccnc3c2)ccn1. The monoisotopic (exact) mass is 236 g/mol. The van der Waals surface area contributed by atoms with Gasteiger partial charge in [-0.05, 0) is 35.4 Å². The standard InChI is InChI=1S/C15H12N2O/c18-10-14-8-13(5-7-16-14)12-4-3-11-2-1-6-17-15(11)9-12/h1-9,18H,10H2. The minimum atomic E-state index is -0.0420. The van der Waals surface area contributed by atoms with Gasteiger partial charge in [0.15, 0.2) is 0 Å². The van der Waals surface area contributed by atoms with E-state index in [9.17, 15) is 0 Å². The molecule has 0 unspecified atom stereocenters. The third-order valence-corrected chi connectivity index (χ3v) is 2.92. The van der Waals surface area contributed by atoms with Crippen molar-refractivity contribution in [3.05, 3.63) is 60.6 Å². The molecule has 1 N–H and O–H groups in total. The van der Waals surface area contributed by atoms with Crippen LogP contribution in [0, 0.1) is 0 Å². The normalized spacial score (nSPS) is 10.7. The zero-order chi connectivity index (χ0) is 12.4. The van der Waals surface area contributed by atoms with Crippen molar-refractivity contribution in [2.45, 2.75) is 6.61 Å². The van der Waals surface area contributed by atoms with Crippen LogP contribution in [0.25, 0.3) is 22.0 Å². The number of nitrogens with zero attached hydrogens (tertiary/aromatic N) is 2. The number of fused-ring (bicyclic) bond motifs is 1. The van der Waals surface area contributed by atoms with Gasteiger partial charge in [-0.15, -0.1) is 0 Å². The predicted octanol–water partition coefficient (Wildman–Crippen LogP) is 2.79. The first-order chi connectivity index (χ1) is 8.86. The maximum atomic E-state index is 9.11. The molecule has 0 aliphatic heterocycles. The lowest BCUT2D eigenvalue weighted by atomic mass is 10.0. The van der Waals surface area contributed by atoms with Crippen LogP contribution in [-0.2, 0) is 6.61 Å². The molecule has 0 bridgehead atoms. The van der Waals surface area contributed by atoms with Crippen LogP contribution < -0.4 is 0 Å². The summed E-state index contributed by atoms with van der Waals surface area (Å²) in [5, 5.41) is 10.2. The smallest absolute Gasteiger partial charge is 0.0853 e. The molecule has 0 radical (unpaired) electrons. The second kappa shape index (κ2) is 4.55. The number of pyridine rings is 2. The average Bonchev–Trinajstić information content (AvgIpc) is 2.47. The summed E-state index contributed by atoms with van der Waals surface area (Å²) in [7, 11) is 0. The second-order valence-electron chi connectivity index (χ2n) is 4.10. The van der Waals surface area contributed by atoms with E-state index in [0.29, 0.717) is 5.69 Å². The molecule has 0 aliphatic rings. The van der Waals surface area contributed by atoms with Crippen LogP contribution in [0.3, 0.4) is 0 Å². The van der Waals surface area contributed by atoms with Gasteiger partial charge in [-0.2, -0.15) is 0 Å². The first kappa shape index (κ1) is 10.9.